The Hall–Kier alpha value is -3.21. The number of rotatable bonds is 4. The van der Waals surface area contributed by atoms with E-state index in [1.807, 2.05) is 24.3 Å². The molecule has 0 radical (unpaired) electrons. The fraction of sp³-hybridized carbons (Fsp3) is 0.222. The fourth-order valence-corrected chi connectivity index (χ4v) is 4.60. The first kappa shape index (κ1) is 19.7. The monoisotopic (exact) mass is 410 g/mol. The van der Waals surface area contributed by atoms with Gasteiger partial charge in [-0.1, -0.05) is 60.7 Å². The van der Waals surface area contributed by atoms with E-state index in [4.69, 9.17) is 0 Å². The number of pyridine rings is 1. The molecule has 0 bridgehead atoms. The maximum absolute atomic E-state index is 11.4. The van der Waals surface area contributed by atoms with Crippen molar-refractivity contribution in [1.82, 2.24) is 9.88 Å². The summed E-state index contributed by atoms with van der Waals surface area (Å²) in [6.07, 6.45) is 1.76. The summed E-state index contributed by atoms with van der Waals surface area (Å²) in [6, 6.07) is 28.2. The average Bonchev–Trinajstić information content (AvgIpc) is 2.79. The average molecular weight is 411 g/mol. The Morgan fingerprint density at radius 2 is 1.65 bits per heavy atom. The van der Waals surface area contributed by atoms with Crippen LogP contribution in [0.2, 0.25) is 0 Å². The van der Waals surface area contributed by atoms with Crippen LogP contribution < -0.4 is 0 Å². The lowest BCUT2D eigenvalue weighted by Gasteiger charge is -2.39. The summed E-state index contributed by atoms with van der Waals surface area (Å²) in [6.45, 7) is 2.52. The fourth-order valence-electron chi connectivity index (χ4n) is 4.60. The number of aromatic nitrogens is 1. The number of aliphatic hydroxyl groups is 1. The Morgan fingerprint density at radius 3 is 2.45 bits per heavy atom. The highest BCUT2D eigenvalue weighted by Gasteiger charge is 2.34. The zero-order valence-electron chi connectivity index (χ0n) is 17.4. The third kappa shape index (κ3) is 4.18. The van der Waals surface area contributed by atoms with Crippen LogP contribution in [0.15, 0.2) is 84.9 Å². The van der Waals surface area contributed by atoms with Gasteiger partial charge >= 0.3 is 0 Å². The molecule has 4 nitrogen and oxygen atoms in total. The topological polar surface area (TPSA) is 56.6 Å². The maximum atomic E-state index is 11.4. The van der Waals surface area contributed by atoms with Crippen LogP contribution in [0.4, 0.5) is 0 Å². The van der Waals surface area contributed by atoms with Crippen LogP contribution >= 0.6 is 0 Å². The molecule has 1 saturated heterocycles. The Morgan fingerprint density at radius 1 is 0.871 bits per heavy atom. The first-order valence-electron chi connectivity index (χ1n) is 10.8. The molecule has 4 aromatic rings. The molecule has 5 rings (SSSR count). The summed E-state index contributed by atoms with van der Waals surface area (Å²) in [4.78, 5) is 6.50. The van der Waals surface area contributed by atoms with E-state index in [1.54, 1.807) is 6.07 Å². The summed E-state index contributed by atoms with van der Waals surface area (Å²) in [5.41, 5.74) is 4.39. The third-order valence-corrected chi connectivity index (χ3v) is 6.23. The Kier molecular flexibility index (Phi) is 5.18. The lowest BCUT2D eigenvalue weighted by molar-refractivity contribution is -0.0381. The minimum atomic E-state index is -0.823. The van der Waals surface area contributed by atoms with Crippen LogP contribution in [0.1, 0.15) is 24.0 Å². The number of piperidine rings is 1. The van der Waals surface area contributed by atoms with Crippen LogP contribution in [-0.4, -0.2) is 33.2 Å². The first-order valence-corrected chi connectivity index (χ1v) is 10.8. The molecule has 0 amide bonds. The van der Waals surface area contributed by atoms with Gasteiger partial charge in [-0.15, -0.1) is 0 Å². The van der Waals surface area contributed by atoms with Crippen molar-refractivity contribution in [2.75, 3.05) is 13.1 Å². The van der Waals surface area contributed by atoms with Crippen molar-refractivity contribution in [3.63, 3.8) is 0 Å². The summed E-state index contributed by atoms with van der Waals surface area (Å²) >= 11 is 0. The van der Waals surface area contributed by atoms with Crippen LogP contribution in [0, 0.1) is 0 Å². The molecular formula is C27H26N2O2. The molecule has 1 fully saturated rings. The normalized spacial score (nSPS) is 19.5. The van der Waals surface area contributed by atoms with Crippen molar-refractivity contribution in [3.05, 3.63) is 96.1 Å². The second-order valence-electron chi connectivity index (χ2n) is 8.49. The van der Waals surface area contributed by atoms with Crippen molar-refractivity contribution in [1.29, 1.82) is 0 Å². The van der Waals surface area contributed by atoms with Crippen molar-refractivity contribution >= 4 is 10.9 Å². The molecule has 1 aliphatic heterocycles. The maximum Gasteiger partial charge on any atom is 0.211 e. The second-order valence-corrected chi connectivity index (χ2v) is 8.49. The minimum absolute atomic E-state index is 0.0339. The molecule has 3 aromatic carbocycles. The van der Waals surface area contributed by atoms with E-state index in [2.05, 4.69) is 64.5 Å². The van der Waals surface area contributed by atoms with E-state index in [1.165, 1.54) is 5.56 Å². The lowest BCUT2D eigenvalue weighted by Crippen LogP contribution is -2.45. The standard InChI is InChI=1S/C27H26N2O2/c30-26-14-10-23-17-22(9-13-25(23)28-26)21-7-11-24(12-8-21)27(31)15-4-16-29(19-27)18-20-5-2-1-3-6-20/h1-3,5-14,17,31H,4,15-16,18-19H2,(H,28,30). The van der Waals surface area contributed by atoms with E-state index in [-0.39, 0.29) is 5.88 Å². The number of hydrogen-bond acceptors (Lipinski definition) is 4. The number of benzene rings is 3. The van der Waals surface area contributed by atoms with Crippen molar-refractivity contribution in [2.45, 2.75) is 25.0 Å². The predicted molar refractivity (Wildman–Crippen MR) is 124 cm³/mol. The molecule has 1 unspecified atom stereocenters. The van der Waals surface area contributed by atoms with E-state index < -0.39 is 5.60 Å². The Bertz CT molecular complexity index is 1190. The highest BCUT2D eigenvalue weighted by atomic mass is 16.3. The molecule has 156 valence electrons. The van der Waals surface area contributed by atoms with Crippen LogP contribution in [-0.2, 0) is 12.1 Å². The minimum Gasteiger partial charge on any atom is -0.493 e. The number of likely N-dealkylation sites (tertiary alicyclic amines) is 1. The quantitative estimate of drug-likeness (QED) is 0.492. The molecule has 2 heterocycles. The molecule has 1 aliphatic rings. The van der Waals surface area contributed by atoms with Crippen LogP contribution in [0.5, 0.6) is 5.88 Å². The summed E-state index contributed by atoms with van der Waals surface area (Å²) in [5, 5.41) is 22.0. The smallest absolute Gasteiger partial charge is 0.211 e. The van der Waals surface area contributed by atoms with Gasteiger partial charge < -0.3 is 10.2 Å². The zero-order valence-corrected chi connectivity index (χ0v) is 17.4. The molecule has 4 heteroatoms. The first-order chi connectivity index (χ1) is 15.1. The predicted octanol–water partition coefficient (Wildman–Crippen LogP) is 5.09. The number of aromatic hydroxyl groups is 1. The lowest BCUT2D eigenvalue weighted by atomic mass is 9.85. The highest BCUT2D eigenvalue weighted by Crippen LogP contribution is 2.34. The second kappa shape index (κ2) is 8.14. The summed E-state index contributed by atoms with van der Waals surface area (Å²) < 4.78 is 0. The van der Waals surface area contributed by atoms with Crippen LogP contribution in [0.3, 0.4) is 0 Å². The molecule has 0 aliphatic carbocycles. The molecular weight excluding hydrogens is 384 g/mol. The number of hydrogen-bond donors (Lipinski definition) is 2. The van der Waals surface area contributed by atoms with Crippen molar-refractivity contribution < 1.29 is 10.2 Å². The Balaban J connectivity index is 1.35. The van der Waals surface area contributed by atoms with Gasteiger partial charge in [-0.05, 0) is 59.8 Å². The van der Waals surface area contributed by atoms with E-state index in [9.17, 15) is 10.2 Å². The van der Waals surface area contributed by atoms with Gasteiger partial charge in [0.15, 0.2) is 0 Å². The molecule has 0 saturated carbocycles. The van der Waals surface area contributed by atoms with Gasteiger partial charge in [0.1, 0.15) is 5.60 Å². The van der Waals surface area contributed by atoms with Gasteiger partial charge in [0.05, 0.1) is 5.52 Å². The van der Waals surface area contributed by atoms with Crippen molar-refractivity contribution in [2.24, 2.45) is 0 Å². The van der Waals surface area contributed by atoms with E-state index in [0.717, 1.165) is 53.5 Å². The van der Waals surface area contributed by atoms with Gasteiger partial charge in [-0.3, -0.25) is 4.90 Å². The van der Waals surface area contributed by atoms with Gasteiger partial charge in [-0.2, -0.15) is 0 Å². The molecule has 0 spiro atoms. The molecule has 31 heavy (non-hydrogen) atoms. The Labute approximate surface area is 182 Å². The number of β-amino-alcohol motifs (C(OH)–C–C–N with tert-alkyl or cyclic N) is 1. The number of nitrogens with zero attached hydrogens (tertiary/aromatic N) is 2. The molecule has 1 atom stereocenters. The molecule has 1 aromatic heterocycles. The van der Waals surface area contributed by atoms with E-state index >= 15 is 0 Å². The summed E-state index contributed by atoms with van der Waals surface area (Å²) in [5.74, 6) is 0.0339. The third-order valence-electron chi connectivity index (χ3n) is 6.23. The summed E-state index contributed by atoms with van der Waals surface area (Å²) in [7, 11) is 0. The van der Waals surface area contributed by atoms with Gasteiger partial charge in [0.2, 0.25) is 5.88 Å². The number of fused-ring (bicyclic) bond motifs is 1. The van der Waals surface area contributed by atoms with Gasteiger partial charge in [-0.25, -0.2) is 4.98 Å². The highest BCUT2D eigenvalue weighted by molar-refractivity contribution is 5.84. The van der Waals surface area contributed by atoms with Gasteiger partial charge in [0.25, 0.3) is 0 Å². The SMILES string of the molecule is Oc1ccc2cc(-c3ccc(C4(O)CCCN(Cc5ccccc5)C4)cc3)ccc2n1. The van der Waals surface area contributed by atoms with Crippen molar-refractivity contribution in [3.8, 4) is 17.0 Å². The molecule has 2 N–H and O–H groups in total. The largest absolute Gasteiger partial charge is 0.493 e. The van der Waals surface area contributed by atoms with Crippen LogP contribution in [0.25, 0.3) is 22.0 Å². The zero-order chi connectivity index (χ0) is 21.3. The van der Waals surface area contributed by atoms with E-state index in [0.29, 0.717) is 6.54 Å². The van der Waals surface area contributed by atoms with Gasteiger partial charge in [0, 0.05) is 24.5 Å².